The van der Waals surface area contributed by atoms with Crippen molar-refractivity contribution in [2.75, 3.05) is 6.61 Å². The largest absolute Gasteiger partial charge is 0.489 e. The lowest BCUT2D eigenvalue weighted by atomic mass is 10.1. The number of aliphatic hydroxyl groups is 1. The minimum absolute atomic E-state index is 0.468. The summed E-state index contributed by atoms with van der Waals surface area (Å²) in [6.45, 7) is 7.86. The summed E-state index contributed by atoms with van der Waals surface area (Å²) in [5, 5.41) is 9.54. The van der Waals surface area contributed by atoms with Crippen molar-refractivity contribution in [2.45, 2.75) is 20.0 Å². The molecule has 0 fully saturated rings. The standard InChI is InChI=1S/C12H15BrO2/c1-8(2)7-15-12-6-10(13)4-5-11(12)9(3)14/h4-6,9,14H,1,7H2,2-3H3. The molecule has 0 radical (unpaired) electrons. The summed E-state index contributed by atoms with van der Waals surface area (Å²) < 4.78 is 6.49. The van der Waals surface area contributed by atoms with E-state index in [0.717, 1.165) is 15.6 Å². The quantitative estimate of drug-likeness (QED) is 0.850. The summed E-state index contributed by atoms with van der Waals surface area (Å²) in [6, 6.07) is 5.59. The molecule has 1 N–H and O–H groups in total. The Bertz CT molecular complexity index is 359. The predicted molar refractivity (Wildman–Crippen MR) is 65.1 cm³/mol. The maximum absolute atomic E-state index is 9.54. The third kappa shape index (κ3) is 3.68. The Morgan fingerprint density at radius 1 is 1.60 bits per heavy atom. The summed E-state index contributed by atoms with van der Waals surface area (Å²) in [5.74, 6) is 0.697. The van der Waals surface area contributed by atoms with Gasteiger partial charge in [-0.1, -0.05) is 28.6 Å². The van der Waals surface area contributed by atoms with Crippen molar-refractivity contribution in [3.05, 3.63) is 40.4 Å². The average molecular weight is 271 g/mol. The van der Waals surface area contributed by atoms with Gasteiger partial charge in [-0.2, -0.15) is 0 Å². The Labute approximate surface area is 98.7 Å². The molecule has 0 aromatic heterocycles. The first kappa shape index (κ1) is 12.3. The molecule has 0 aliphatic carbocycles. The summed E-state index contributed by atoms with van der Waals surface area (Å²) in [7, 11) is 0. The van der Waals surface area contributed by atoms with Crippen LogP contribution in [0.15, 0.2) is 34.8 Å². The maximum Gasteiger partial charge on any atom is 0.126 e. The SMILES string of the molecule is C=C(C)COc1cc(Br)ccc1C(C)O. The van der Waals surface area contributed by atoms with Gasteiger partial charge in [0.1, 0.15) is 12.4 Å². The molecule has 0 aliphatic rings. The molecule has 1 unspecified atom stereocenters. The third-order valence-corrected chi connectivity index (χ3v) is 2.39. The fraction of sp³-hybridized carbons (Fsp3) is 0.333. The molecule has 0 amide bonds. The van der Waals surface area contributed by atoms with Gasteiger partial charge in [0.2, 0.25) is 0 Å². The first-order valence-corrected chi connectivity index (χ1v) is 5.54. The highest BCUT2D eigenvalue weighted by Gasteiger charge is 2.09. The van der Waals surface area contributed by atoms with Crippen molar-refractivity contribution in [3.63, 3.8) is 0 Å². The highest BCUT2D eigenvalue weighted by molar-refractivity contribution is 9.10. The van der Waals surface area contributed by atoms with Crippen LogP contribution >= 0.6 is 15.9 Å². The highest BCUT2D eigenvalue weighted by atomic mass is 79.9. The molecule has 1 rings (SSSR count). The molecular weight excluding hydrogens is 256 g/mol. The Kier molecular flexibility index (Phi) is 4.36. The van der Waals surface area contributed by atoms with Crippen LogP contribution in [0.2, 0.25) is 0 Å². The highest BCUT2D eigenvalue weighted by Crippen LogP contribution is 2.28. The van der Waals surface area contributed by atoms with Gasteiger partial charge in [-0.3, -0.25) is 0 Å². The minimum atomic E-state index is -0.529. The molecule has 1 aromatic rings. The van der Waals surface area contributed by atoms with Crippen LogP contribution in [0.1, 0.15) is 25.5 Å². The molecule has 0 spiro atoms. The lowest BCUT2D eigenvalue weighted by molar-refractivity contribution is 0.192. The predicted octanol–water partition coefficient (Wildman–Crippen LogP) is 3.46. The van der Waals surface area contributed by atoms with E-state index in [9.17, 15) is 5.11 Å². The van der Waals surface area contributed by atoms with Gasteiger partial charge < -0.3 is 9.84 Å². The molecule has 0 aliphatic heterocycles. The van der Waals surface area contributed by atoms with Gasteiger partial charge in [0, 0.05) is 10.0 Å². The monoisotopic (exact) mass is 270 g/mol. The zero-order chi connectivity index (χ0) is 11.4. The van der Waals surface area contributed by atoms with Crippen molar-refractivity contribution in [3.8, 4) is 5.75 Å². The molecule has 1 aromatic carbocycles. The van der Waals surface area contributed by atoms with Gasteiger partial charge in [0.05, 0.1) is 6.10 Å². The number of aliphatic hydroxyl groups excluding tert-OH is 1. The van der Waals surface area contributed by atoms with Gasteiger partial charge in [0.15, 0.2) is 0 Å². The van der Waals surface area contributed by atoms with Crippen LogP contribution in [0.3, 0.4) is 0 Å². The summed E-state index contributed by atoms with van der Waals surface area (Å²) in [4.78, 5) is 0. The Morgan fingerprint density at radius 3 is 2.80 bits per heavy atom. The summed E-state index contributed by atoms with van der Waals surface area (Å²) >= 11 is 3.37. The van der Waals surface area contributed by atoms with Crippen molar-refractivity contribution < 1.29 is 9.84 Å². The summed E-state index contributed by atoms with van der Waals surface area (Å²) in [6.07, 6.45) is -0.529. The van der Waals surface area contributed by atoms with E-state index in [1.165, 1.54) is 0 Å². The lowest BCUT2D eigenvalue weighted by Gasteiger charge is -2.13. The van der Waals surface area contributed by atoms with Crippen LogP contribution in [0.25, 0.3) is 0 Å². The molecule has 0 saturated heterocycles. The molecule has 3 heteroatoms. The van der Waals surface area contributed by atoms with Gasteiger partial charge in [-0.15, -0.1) is 0 Å². The third-order valence-electron chi connectivity index (χ3n) is 1.90. The zero-order valence-corrected chi connectivity index (χ0v) is 10.5. The molecule has 82 valence electrons. The first-order valence-electron chi connectivity index (χ1n) is 4.75. The number of hydrogen-bond donors (Lipinski definition) is 1. The van der Waals surface area contributed by atoms with Gasteiger partial charge in [-0.25, -0.2) is 0 Å². The fourth-order valence-corrected chi connectivity index (χ4v) is 1.52. The second kappa shape index (κ2) is 5.33. The lowest BCUT2D eigenvalue weighted by Crippen LogP contribution is -2.02. The van der Waals surface area contributed by atoms with E-state index in [1.807, 2.05) is 25.1 Å². The van der Waals surface area contributed by atoms with Crippen LogP contribution < -0.4 is 4.74 Å². The number of hydrogen-bond acceptors (Lipinski definition) is 2. The number of rotatable bonds is 4. The second-order valence-corrected chi connectivity index (χ2v) is 4.52. The van der Waals surface area contributed by atoms with Crippen LogP contribution in [-0.2, 0) is 0 Å². The van der Waals surface area contributed by atoms with Crippen LogP contribution in [0.5, 0.6) is 5.75 Å². The van der Waals surface area contributed by atoms with Gasteiger partial charge in [0.25, 0.3) is 0 Å². The van der Waals surface area contributed by atoms with E-state index < -0.39 is 6.10 Å². The van der Waals surface area contributed by atoms with Crippen molar-refractivity contribution in [1.82, 2.24) is 0 Å². The second-order valence-electron chi connectivity index (χ2n) is 3.60. The van der Waals surface area contributed by atoms with E-state index in [0.29, 0.717) is 12.4 Å². The van der Waals surface area contributed by atoms with Gasteiger partial charge in [-0.05, 0) is 31.6 Å². The van der Waals surface area contributed by atoms with Gasteiger partial charge >= 0.3 is 0 Å². The van der Waals surface area contributed by atoms with E-state index in [1.54, 1.807) is 6.92 Å². The Hall–Kier alpha value is -0.800. The number of ether oxygens (including phenoxy) is 1. The molecule has 1 atom stereocenters. The van der Waals surface area contributed by atoms with Crippen LogP contribution in [0.4, 0.5) is 0 Å². The molecule has 0 heterocycles. The van der Waals surface area contributed by atoms with E-state index in [4.69, 9.17) is 4.74 Å². The van der Waals surface area contributed by atoms with Crippen molar-refractivity contribution in [2.24, 2.45) is 0 Å². The zero-order valence-electron chi connectivity index (χ0n) is 8.96. The molecule has 0 bridgehead atoms. The van der Waals surface area contributed by atoms with Crippen molar-refractivity contribution >= 4 is 15.9 Å². The Morgan fingerprint density at radius 2 is 2.27 bits per heavy atom. The molecule has 2 nitrogen and oxygen atoms in total. The average Bonchev–Trinajstić information content (AvgIpc) is 2.14. The molecular formula is C12H15BrO2. The van der Waals surface area contributed by atoms with E-state index in [2.05, 4.69) is 22.5 Å². The molecule has 15 heavy (non-hydrogen) atoms. The van der Waals surface area contributed by atoms with E-state index in [-0.39, 0.29) is 0 Å². The summed E-state index contributed by atoms with van der Waals surface area (Å²) in [5.41, 5.74) is 1.74. The first-order chi connectivity index (χ1) is 7.00. The van der Waals surface area contributed by atoms with Crippen LogP contribution in [0, 0.1) is 0 Å². The number of halogens is 1. The molecule has 0 saturated carbocycles. The normalized spacial score (nSPS) is 12.3. The fourth-order valence-electron chi connectivity index (χ4n) is 1.18. The van der Waals surface area contributed by atoms with Crippen molar-refractivity contribution in [1.29, 1.82) is 0 Å². The minimum Gasteiger partial charge on any atom is -0.489 e. The maximum atomic E-state index is 9.54. The number of benzene rings is 1. The van der Waals surface area contributed by atoms with E-state index >= 15 is 0 Å². The topological polar surface area (TPSA) is 29.5 Å². The Balaban J connectivity index is 2.91. The van der Waals surface area contributed by atoms with Crippen LogP contribution in [-0.4, -0.2) is 11.7 Å². The smallest absolute Gasteiger partial charge is 0.126 e.